The molecule has 1 heterocycles. The standard InChI is InChI=1S/C24H28ClN3O/c1-15(2)28-22-11-16(3)19(12-21(22)17(4)13-24(28,5)6)14-26-27-23(29)18-7-9-20(25)10-8-18/h7-15H,1-6H3,(H,27,29)/b26-14+. The zero-order chi connectivity index (χ0) is 21.3. The number of hydrogen-bond acceptors (Lipinski definition) is 3. The van der Waals surface area contributed by atoms with Gasteiger partial charge in [0.05, 0.1) is 11.8 Å². The maximum absolute atomic E-state index is 12.2. The van der Waals surface area contributed by atoms with Gasteiger partial charge in [-0.05, 0) is 94.6 Å². The Morgan fingerprint density at radius 3 is 2.45 bits per heavy atom. The normalized spacial score (nSPS) is 15.4. The molecule has 0 atom stereocenters. The summed E-state index contributed by atoms with van der Waals surface area (Å²) in [4.78, 5) is 14.7. The van der Waals surface area contributed by atoms with Crippen molar-refractivity contribution in [1.82, 2.24) is 5.43 Å². The Hall–Kier alpha value is -2.59. The highest BCUT2D eigenvalue weighted by atomic mass is 35.5. The molecule has 1 N–H and O–H groups in total. The fourth-order valence-corrected chi connectivity index (χ4v) is 4.25. The van der Waals surface area contributed by atoms with Crippen LogP contribution in [-0.4, -0.2) is 23.7 Å². The van der Waals surface area contributed by atoms with Crippen molar-refractivity contribution >= 4 is 35.0 Å². The fourth-order valence-electron chi connectivity index (χ4n) is 4.12. The molecule has 0 unspecified atom stereocenters. The molecular formula is C24H28ClN3O. The third-order valence-corrected chi connectivity index (χ3v) is 5.50. The number of carbonyl (C=O) groups excluding carboxylic acids is 1. The van der Waals surface area contributed by atoms with Crippen LogP contribution in [0.2, 0.25) is 5.02 Å². The summed E-state index contributed by atoms with van der Waals surface area (Å²) in [7, 11) is 0. The molecule has 3 rings (SSSR count). The van der Waals surface area contributed by atoms with Crippen molar-refractivity contribution in [2.24, 2.45) is 5.10 Å². The first-order valence-electron chi connectivity index (χ1n) is 9.83. The van der Waals surface area contributed by atoms with E-state index in [2.05, 4.69) is 75.2 Å². The lowest BCUT2D eigenvalue weighted by molar-refractivity contribution is 0.0955. The number of fused-ring (bicyclic) bond motifs is 1. The number of anilines is 1. The van der Waals surface area contributed by atoms with Crippen molar-refractivity contribution in [1.29, 1.82) is 0 Å². The van der Waals surface area contributed by atoms with E-state index in [1.54, 1.807) is 30.5 Å². The van der Waals surface area contributed by atoms with Gasteiger partial charge in [0.2, 0.25) is 0 Å². The highest BCUT2D eigenvalue weighted by Crippen LogP contribution is 2.41. The van der Waals surface area contributed by atoms with Crippen LogP contribution in [0, 0.1) is 6.92 Å². The first-order valence-corrected chi connectivity index (χ1v) is 10.2. The number of benzene rings is 2. The van der Waals surface area contributed by atoms with Crippen LogP contribution in [0.5, 0.6) is 0 Å². The van der Waals surface area contributed by atoms with Gasteiger partial charge in [0.1, 0.15) is 0 Å². The van der Waals surface area contributed by atoms with Gasteiger partial charge < -0.3 is 4.90 Å². The predicted octanol–water partition coefficient (Wildman–Crippen LogP) is 5.82. The van der Waals surface area contributed by atoms with E-state index in [1.807, 2.05) is 0 Å². The number of amides is 1. The monoisotopic (exact) mass is 409 g/mol. The van der Waals surface area contributed by atoms with Gasteiger partial charge in [0, 0.05) is 27.9 Å². The first kappa shape index (κ1) is 21.1. The molecule has 1 amide bonds. The smallest absolute Gasteiger partial charge is 0.271 e. The molecule has 1 aliphatic rings. The molecule has 0 aliphatic carbocycles. The van der Waals surface area contributed by atoms with Gasteiger partial charge in [0.15, 0.2) is 0 Å². The minimum Gasteiger partial charge on any atom is -0.360 e. The topological polar surface area (TPSA) is 44.7 Å². The number of rotatable bonds is 4. The van der Waals surface area contributed by atoms with Gasteiger partial charge in [-0.1, -0.05) is 17.7 Å². The highest BCUT2D eigenvalue weighted by molar-refractivity contribution is 6.30. The molecule has 0 bridgehead atoms. The average Bonchev–Trinajstić information content (AvgIpc) is 2.62. The Balaban J connectivity index is 1.87. The second-order valence-electron chi connectivity index (χ2n) is 8.38. The van der Waals surface area contributed by atoms with Gasteiger partial charge in [0.25, 0.3) is 5.91 Å². The third kappa shape index (κ3) is 4.38. The molecule has 0 saturated heterocycles. The Morgan fingerprint density at radius 2 is 1.83 bits per heavy atom. The maximum Gasteiger partial charge on any atom is 0.271 e. The van der Waals surface area contributed by atoms with Gasteiger partial charge in [-0.3, -0.25) is 4.79 Å². The summed E-state index contributed by atoms with van der Waals surface area (Å²) in [6.07, 6.45) is 4.02. The molecule has 0 fully saturated rings. The van der Waals surface area contributed by atoms with Crippen molar-refractivity contribution in [2.45, 2.75) is 53.1 Å². The lowest BCUT2D eigenvalue weighted by Gasteiger charge is -2.46. The highest BCUT2D eigenvalue weighted by Gasteiger charge is 2.33. The summed E-state index contributed by atoms with van der Waals surface area (Å²) in [5.74, 6) is -0.266. The fraction of sp³-hybridized carbons (Fsp3) is 0.333. The van der Waals surface area contributed by atoms with Crippen molar-refractivity contribution in [3.63, 3.8) is 0 Å². The van der Waals surface area contributed by atoms with Crippen LogP contribution in [0.3, 0.4) is 0 Å². The minimum absolute atomic E-state index is 0.0418. The zero-order valence-electron chi connectivity index (χ0n) is 17.9. The van der Waals surface area contributed by atoms with Crippen LogP contribution >= 0.6 is 11.6 Å². The van der Waals surface area contributed by atoms with E-state index in [0.29, 0.717) is 16.6 Å². The van der Waals surface area contributed by atoms with Gasteiger partial charge >= 0.3 is 0 Å². The lowest BCUT2D eigenvalue weighted by Crippen LogP contribution is -2.49. The molecule has 152 valence electrons. The van der Waals surface area contributed by atoms with Crippen molar-refractivity contribution in [3.8, 4) is 0 Å². The van der Waals surface area contributed by atoms with Crippen LogP contribution in [0.25, 0.3) is 5.57 Å². The maximum atomic E-state index is 12.2. The lowest BCUT2D eigenvalue weighted by atomic mass is 9.86. The van der Waals surface area contributed by atoms with Crippen LogP contribution in [0.15, 0.2) is 47.6 Å². The van der Waals surface area contributed by atoms with E-state index in [1.165, 1.54) is 16.8 Å². The second-order valence-corrected chi connectivity index (χ2v) is 8.81. The van der Waals surface area contributed by atoms with E-state index >= 15 is 0 Å². The molecule has 4 nitrogen and oxygen atoms in total. The van der Waals surface area contributed by atoms with E-state index in [-0.39, 0.29) is 11.4 Å². The summed E-state index contributed by atoms with van der Waals surface area (Å²) < 4.78 is 0. The average molecular weight is 410 g/mol. The molecule has 0 saturated carbocycles. The number of nitrogens with zero attached hydrogens (tertiary/aromatic N) is 2. The third-order valence-electron chi connectivity index (χ3n) is 5.25. The number of halogens is 1. The summed E-state index contributed by atoms with van der Waals surface area (Å²) in [6.45, 7) is 13.2. The SMILES string of the molecule is CC1=CC(C)(C)N(C(C)C)c2cc(C)c(/C=N/NC(=O)c3ccc(Cl)cc3)cc21. The molecule has 0 aromatic heterocycles. The molecule has 1 aliphatic heterocycles. The quantitative estimate of drug-likeness (QED) is 0.510. The molecule has 2 aromatic rings. The Labute approximate surface area is 178 Å². The number of hydrazone groups is 1. The van der Waals surface area contributed by atoms with Crippen LogP contribution < -0.4 is 10.3 Å². The number of allylic oxidation sites excluding steroid dienone is 1. The molecule has 29 heavy (non-hydrogen) atoms. The molecule has 0 spiro atoms. The van der Waals surface area contributed by atoms with Crippen LogP contribution in [-0.2, 0) is 0 Å². The Kier molecular flexibility index (Phi) is 5.85. The van der Waals surface area contributed by atoms with Gasteiger partial charge in [-0.2, -0.15) is 5.10 Å². The van der Waals surface area contributed by atoms with Crippen molar-refractivity contribution in [2.75, 3.05) is 4.90 Å². The van der Waals surface area contributed by atoms with Gasteiger partial charge in [-0.15, -0.1) is 0 Å². The summed E-state index contributed by atoms with van der Waals surface area (Å²) in [6, 6.07) is 11.5. The number of aryl methyl sites for hydroxylation is 1. The number of carbonyl (C=O) groups is 1. The second kappa shape index (κ2) is 8.03. The van der Waals surface area contributed by atoms with Crippen molar-refractivity contribution in [3.05, 3.63) is 69.8 Å². The Bertz CT molecular complexity index is 988. The van der Waals surface area contributed by atoms with E-state index in [4.69, 9.17) is 11.6 Å². The first-order chi connectivity index (χ1) is 13.6. The summed E-state index contributed by atoms with van der Waals surface area (Å²) >= 11 is 5.87. The molecule has 0 radical (unpaired) electrons. The van der Waals surface area contributed by atoms with Crippen LogP contribution in [0.4, 0.5) is 5.69 Å². The summed E-state index contributed by atoms with van der Waals surface area (Å²) in [5, 5.41) is 4.76. The van der Waals surface area contributed by atoms with E-state index in [9.17, 15) is 4.79 Å². The zero-order valence-corrected chi connectivity index (χ0v) is 18.6. The minimum atomic E-state index is -0.266. The number of nitrogens with one attached hydrogen (secondary N) is 1. The molecule has 2 aromatic carbocycles. The number of hydrogen-bond donors (Lipinski definition) is 1. The molecular weight excluding hydrogens is 382 g/mol. The van der Waals surface area contributed by atoms with Crippen molar-refractivity contribution < 1.29 is 4.79 Å². The molecule has 5 heteroatoms. The van der Waals surface area contributed by atoms with Crippen LogP contribution in [0.1, 0.15) is 61.7 Å². The largest absolute Gasteiger partial charge is 0.360 e. The summed E-state index contributed by atoms with van der Waals surface area (Å²) in [5.41, 5.74) is 8.86. The predicted molar refractivity (Wildman–Crippen MR) is 123 cm³/mol. The van der Waals surface area contributed by atoms with Gasteiger partial charge in [-0.25, -0.2) is 5.43 Å². The van der Waals surface area contributed by atoms with E-state index < -0.39 is 0 Å². The van der Waals surface area contributed by atoms with E-state index in [0.717, 1.165) is 11.1 Å². The Morgan fingerprint density at radius 1 is 1.17 bits per heavy atom.